The summed E-state index contributed by atoms with van der Waals surface area (Å²) in [6.45, 7) is 7.39. The van der Waals surface area contributed by atoms with Crippen LogP contribution in [0.5, 0.6) is 0 Å². The number of aliphatic carboxylic acids is 1. The van der Waals surface area contributed by atoms with E-state index in [-0.39, 0.29) is 0 Å². The average Bonchev–Trinajstić information content (AvgIpc) is 2.38. The molecule has 0 spiro atoms. The van der Waals surface area contributed by atoms with Crippen LogP contribution in [-0.2, 0) is 11.2 Å². The summed E-state index contributed by atoms with van der Waals surface area (Å²) >= 11 is 0. The highest BCUT2D eigenvalue weighted by Crippen LogP contribution is 2.49. The second-order valence-electron chi connectivity index (χ2n) is 6.68. The van der Waals surface area contributed by atoms with Crippen LogP contribution in [-0.4, -0.2) is 22.3 Å². The van der Waals surface area contributed by atoms with Crippen molar-refractivity contribution in [2.45, 2.75) is 59.5 Å². The van der Waals surface area contributed by atoms with E-state index in [1.54, 1.807) is 20.8 Å². The van der Waals surface area contributed by atoms with Gasteiger partial charge in [0, 0.05) is 0 Å². The van der Waals surface area contributed by atoms with Crippen molar-refractivity contribution in [1.29, 1.82) is 0 Å². The first-order valence-electron chi connectivity index (χ1n) is 7.70. The van der Waals surface area contributed by atoms with E-state index in [1.807, 2.05) is 30.3 Å². The summed E-state index contributed by atoms with van der Waals surface area (Å²) in [7, 11) is 0. The van der Waals surface area contributed by atoms with Crippen LogP contribution < -0.4 is 0 Å². The van der Waals surface area contributed by atoms with Crippen molar-refractivity contribution in [1.82, 2.24) is 0 Å². The van der Waals surface area contributed by atoms with Crippen LogP contribution in [0, 0.1) is 10.8 Å². The number of carboxylic acids is 1. The summed E-state index contributed by atoms with van der Waals surface area (Å²) in [6, 6.07) is 9.97. The number of hydrogen-bond acceptors (Lipinski definition) is 2. The molecule has 1 aromatic carbocycles. The van der Waals surface area contributed by atoms with Crippen LogP contribution >= 0.6 is 0 Å². The topological polar surface area (TPSA) is 57.5 Å². The molecule has 2 N–H and O–H groups in total. The molecule has 1 aromatic rings. The molecule has 21 heavy (non-hydrogen) atoms. The van der Waals surface area contributed by atoms with E-state index in [4.69, 9.17) is 0 Å². The lowest BCUT2D eigenvalue weighted by Crippen LogP contribution is -2.47. The largest absolute Gasteiger partial charge is 0.481 e. The Labute approximate surface area is 128 Å². The Hall–Kier alpha value is -1.35. The zero-order valence-electron chi connectivity index (χ0n) is 13.6. The van der Waals surface area contributed by atoms with Gasteiger partial charge in [-0.05, 0) is 51.0 Å². The third-order valence-corrected chi connectivity index (χ3v) is 4.66. The van der Waals surface area contributed by atoms with E-state index in [1.165, 1.54) is 0 Å². The van der Waals surface area contributed by atoms with E-state index < -0.39 is 22.9 Å². The van der Waals surface area contributed by atoms with Crippen molar-refractivity contribution in [3.8, 4) is 0 Å². The SMILES string of the molecule is CCCC(Cc1ccccc1)(CC(C)O)C(C)(C)C(=O)O. The molecule has 0 fully saturated rings. The maximum absolute atomic E-state index is 11.8. The second kappa shape index (κ2) is 7.08. The molecule has 0 aliphatic heterocycles. The quantitative estimate of drug-likeness (QED) is 0.764. The summed E-state index contributed by atoms with van der Waals surface area (Å²) in [5, 5.41) is 19.7. The van der Waals surface area contributed by atoms with Crippen molar-refractivity contribution in [2.24, 2.45) is 10.8 Å². The molecule has 0 saturated carbocycles. The number of aliphatic hydroxyl groups is 1. The Morgan fingerprint density at radius 2 is 1.81 bits per heavy atom. The Morgan fingerprint density at radius 1 is 1.24 bits per heavy atom. The number of benzene rings is 1. The van der Waals surface area contributed by atoms with Gasteiger partial charge >= 0.3 is 5.97 Å². The van der Waals surface area contributed by atoms with Gasteiger partial charge in [-0.15, -0.1) is 0 Å². The number of hydrogen-bond donors (Lipinski definition) is 2. The lowest BCUT2D eigenvalue weighted by molar-refractivity contribution is -0.157. The third-order valence-electron chi connectivity index (χ3n) is 4.66. The van der Waals surface area contributed by atoms with E-state index in [0.29, 0.717) is 12.8 Å². The lowest BCUT2D eigenvalue weighted by Gasteiger charge is -2.45. The molecule has 118 valence electrons. The van der Waals surface area contributed by atoms with Gasteiger partial charge in [-0.3, -0.25) is 4.79 Å². The van der Waals surface area contributed by atoms with E-state index in [0.717, 1.165) is 18.4 Å². The van der Waals surface area contributed by atoms with Crippen LogP contribution in [0.1, 0.15) is 52.5 Å². The van der Waals surface area contributed by atoms with Crippen LogP contribution in [0.3, 0.4) is 0 Å². The maximum Gasteiger partial charge on any atom is 0.309 e. The van der Waals surface area contributed by atoms with Gasteiger partial charge in [0.15, 0.2) is 0 Å². The minimum Gasteiger partial charge on any atom is -0.481 e. The Morgan fingerprint density at radius 3 is 2.24 bits per heavy atom. The van der Waals surface area contributed by atoms with Crippen LogP contribution in [0.25, 0.3) is 0 Å². The molecule has 3 heteroatoms. The minimum atomic E-state index is -0.893. The van der Waals surface area contributed by atoms with Gasteiger partial charge in [0.25, 0.3) is 0 Å². The molecule has 2 unspecified atom stereocenters. The highest BCUT2D eigenvalue weighted by molar-refractivity contribution is 5.75. The number of rotatable bonds is 8. The zero-order valence-corrected chi connectivity index (χ0v) is 13.6. The van der Waals surface area contributed by atoms with Gasteiger partial charge in [0.1, 0.15) is 0 Å². The highest BCUT2D eigenvalue weighted by atomic mass is 16.4. The fourth-order valence-electron chi connectivity index (χ4n) is 3.31. The van der Waals surface area contributed by atoms with Crippen molar-refractivity contribution in [2.75, 3.05) is 0 Å². The van der Waals surface area contributed by atoms with Gasteiger partial charge in [0.05, 0.1) is 11.5 Å². The minimum absolute atomic E-state index is 0.455. The van der Waals surface area contributed by atoms with Crippen LogP contribution in [0.15, 0.2) is 30.3 Å². The molecule has 0 radical (unpaired) electrons. The van der Waals surface area contributed by atoms with Crippen molar-refractivity contribution in [3.05, 3.63) is 35.9 Å². The molecule has 0 heterocycles. The number of aliphatic hydroxyl groups excluding tert-OH is 1. The first-order chi connectivity index (χ1) is 9.75. The smallest absolute Gasteiger partial charge is 0.309 e. The third kappa shape index (κ3) is 4.07. The van der Waals surface area contributed by atoms with Gasteiger partial charge in [-0.25, -0.2) is 0 Å². The lowest BCUT2D eigenvalue weighted by atomic mass is 9.58. The van der Waals surface area contributed by atoms with Crippen molar-refractivity contribution < 1.29 is 15.0 Å². The summed E-state index contributed by atoms with van der Waals surface area (Å²) in [4.78, 5) is 11.8. The van der Waals surface area contributed by atoms with Gasteiger partial charge in [-0.1, -0.05) is 43.7 Å². The van der Waals surface area contributed by atoms with Crippen LogP contribution in [0.2, 0.25) is 0 Å². The Kier molecular flexibility index (Phi) is 5.97. The predicted molar refractivity (Wildman–Crippen MR) is 85.2 cm³/mol. The summed E-state index contributed by atoms with van der Waals surface area (Å²) in [5.74, 6) is -0.799. The first kappa shape index (κ1) is 17.7. The molecule has 0 bridgehead atoms. The second-order valence-corrected chi connectivity index (χ2v) is 6.68. The van der Waals surface area contributed by atoms with Crippen LogP contribution in [0.4, 0.5) is 0 Å². The summed E-state index contributed by atoms with van der Waals surface area (Å²) < 4.78 is 0. The Balaban J connectivity index is 3.27. The standard InChI is InChI=1S/C18H28O3/c1-5-11-18(12-14(2)19,17(3,4)16(20)21)13-15-9-7-6-8-10-15/h6-10,14,19H,5,11-13H2,1-4H3,(H,20,21). The molecule has 2 atom stereocenters. The summed E-state index contributed by atoms with van der Waals surface area (Å²) in [5.41, 5.74) is -0.222. The fraction of sp³-hybridized carbons (Fsp3) is 0.611. The molecule has 1 rings (SSSR count). The van der Waals surface area contributed by atoms with Crippen molar-refractivity contribution in [3.63, 3.8) is 0 Å². The van der Waals surface area contributed by atoms with Gasteiger partial charge in [-0.2, -0.15) is 0 Å². The molecule has 3 nitrogen and oxygen atoms in total. The Bertz CT molecular complexity index is 451. The molecule has 0 aliphatic carbocycles. The fourth-order valence-corrected chi connectivity index (χ4v) is 3.31. The monoisotopic (exact) mass is 292 g/mol. The van der Waals surface area contributed by atoms with Crippen molar-refractivity contribution >= 4 is 5.97 Å². The molecule has 0 aliphatic rings. The maximum atomic E-state index is 11.8. The molecule has 0 amide bonds. The average molecular weight is 292 g/mol. The summed E-state index contributed by atoms with van der Waals surface area (Å²) in [6.07, 6.45) is 2.34. The number of carbonyl (C=O) groups is 1. The predicted octanol–water partition coefficient (Wildman–Crippen LogP) is 3.90. The van der Waals surface area contributed by atoms with E-state index in [2.05, 4.69) is 6.92 Å². The highest BCUT2D eigenvalue weighted by Gasteiger charge is 2.49. The van der Waals surface area contributed by atoms with E-state index in [9.17, 15) is 15.0 Å². The van der Waals surface area contributed by atoms with Gasteiger partial charge < -0.3 is 10.2 Å². The number of carboxylic acid groups (broad SMARTS) is 1. The van der Waals surface area contributed by atoms with Gasteiger partial charge in [0.2, 0.25) is 0 Å². The van der Waals surface area contributed by atoms with E-state index >= 15 is 0 Å². The zero-order chi connectivity index (χ0) is 16.1. The molecular formula is C18H28O3. The first-order valence-corrected chi connectivity index (χ1v) is 7.70. The normalized spacial score (nSPS) is 16.2. The molecular weight excluding hydrogens is 264 g/mol. The molecule has 0 saturated heterocycles. The molecule has 0 aromatic heterocycles.